The van der Waals surface area contributed by atoms with E-state index in [1.807, 2.05) is 6.92 Å². The summed E-state index contributed by atoms with van der Waals surface area (Å²) in [4.78, 5) is 24.2. The van der Waals surface area contributed by atoms with Crippen LogP contribution in [-0.2, 0) is 19.1 Å². The van der Waals surface area contributed by atoms with Crippen LogP contribution in [0.5, 0.6) is 0 Å². The molecule has 6 heteroatoms. The molecule has 278 valence electrons. The number of rotatable bonds is 35. The Bertz CT molecular complexity index is 828. The SMILES string of the molecule is CCCCCCCCCCCCCCCCCCC(=O)O[C@@H](CO)COC(=O)CCC/C=C\C/C=C\C/C=C\C/C=C\CCC[C@@H](C)O. The summed E-state index contributed by atoms with van der Waals surface area (Å²) in [5, 5.41) is 18.8. The van der Waals surface area contributed by atoms with Gasteiger partial charge in [-0.05, 0) is 64.7 Å². The van der Waals surface area contributed by atoms with E-state index in [2.05, 4.69) is 55.5 Å². The zero-order valence-corrected chi connectivity index (χ0v) is 31.1. The Morgan fingerprint density at radius 3 is 1.44 bits per heavy atom. The molecule has 0 fully saturated rings. The van der Waals surface area contributed by atoms with Gasteiger partial charge in [-0.2, -0.15) is 0 Å². The van der Waals surface area contributed by atoms with E-state index in [9.17, 15) is 19.8 Å². The fraction of sp³-hybridized carbons (Fsp3) is 0.762. The monoisotopic (exact) mass is 675 g/mol. The summed E-state index contributed by atoms with van der Waals surface area (Å²) in [6.07, 6.45) is 44.5. The quantitative estimate of drug-likeness (QED) is 0.0395. The number of allylic oxidation sites excluding steroid dienone is 8. The zero-order valence-electron chi connectivity index (χ0n) is 31.1. The van der Waals surface area contributed by atoms with Gasteiger partial charge in [0.1, 0.15) is 6.61 Å². The highest BCUT2D eigenvalue weighted by atomic mass is 16.6. The first-order chi connectivity index (χ1) is 23.5. The first-order valence-electron chi connectivity index (χ1n) is 19.7. The van der Waals surface area contributed by atoms with Crippen LogP contribution in [0.4, 0.5) is 0 Å². The number of carbonyl (C=O) groups excluding carboxylic acids is 2. The minimum absolute atomic E-state index is 0.102. The Morgan fingerprint density at radius 2 is 0.979 bits per heavy atom. The van der Waals surface area contributed by atoms with E-state index in [1.165, 1.54) is 83.5 Å². The van der Waals surface area contributed by atoms with Crippen LogP contribution >= 0.6 is 0 Å². The summed E-state index contributed by atoms with van der Waals surface area (Å²) >= 11 is 0. The molecule has 2 atom stereocenters. The molecule has 0 spiro atoms. The summed E-state index contributed by atoms with van der Waals surface area (Å²) in [6.45, 7) is 3.64. The van der Waals surface area contributed by atoms with E-state index in [4.69, 9.17) is 9.47 Å². The highest BCUT2D eigenvalue weighted by molar-refractivity contribution is 5.70. The van der Waals surface area contributed by atoms with Crippen molar-refractivity contribution in [3.05, 3.63) is 48.6 Å². The number of ether oxygens (including phenoxy) is 2. The number of aliphatic hydroxyl groups excluding tert-OH is 2. The number of esters is 2. The van der Waals surface area contributed by atoms with Crippen molar-refractivity contribution >= 4 is 11.9 Å². The van der Waals surface area contributed by atoms with Crippen LogP contribution in [-0.4, -0.2) is 47.6 Å². The number of unbranched alkanes of at least 4 members (excludes halogenated alkanes) is 17. The van der Waals surface area contributed by atoms with Crippen LogP contribution in [0.25, 0.3) is 0 Å². The van der Waals surface area contributed by atoms with Crippen LogP contribution in [0.15, 0.2) is 48.6 Å². The average molecular weight is 675 g/mol. The molecule has 0 heterocycles. The molecule has 48 heavy (non-hydrogen) atoms. The van der Waals surface area contributed by atoms with Gasteiger partial charge in [0.05, 0.1) is 12.7 Å². The molecular formula is C42H74O6. The predicted molar refractivity (Wildman–Crippen MR) is 202 cm³/mol. The first kappa shape index (κ1) is 45.8. The highest BCUT2D eigenvalue weighted by Crippen LogP contribution is 2.14. The third-order valence-electron chi connectivity index (χ3n) is 8.39. The minimum Gasteiger partial charge on any atom is -0.462 e. The molecule has 0 saturated heterocycles. The molecule has 0 aliphatic heterocycles. The Morgan fingerprint density at radius 1 is 0.562 bits per heavy atom. The molecule has 0 bridgehead atoms. The van der Waals surface area contributed by atoms with Gasteiger partial charge in [0.25, 0.3) is 0 Å². The van der Waals surface area contributed by atoms with Gasteiger partial charge in [-0.1, -0.05) is 152 Å². The van der Waals surface area contributed by atoms with E-state index in [1.54, 1.807) is 0 Å². The molecule has 0 rings (SSSR count). The van der Waals surface area contributed by atoms with Crippen molar-refractivity contribution in [2.75, 3.05) is 13.2 Å². The second kappa shape index (κ2) is 37.6. The smallest absolute Gasteiger partial charge is 0.306 e. The van der Waals surface area contributed by atoms with Gasteiger partial charge < -0.3 is 19.7 Å². The third-order valence-corrected chi connectivity index (χ3v) is 8.39. The number of carbonyl (C=O) groups is 2. The fourth-order valence-corrected chi connectivity index (χ4v) is 5.39. The lowest BCUT2D eigenvalue weighted by Crippen LogP contribution is -2.28. The standard InChI is InChI=1S/C42H74O6/c1-3-4-5-6-7-8-9-10-11-14-18-21-24-27-30-33-36-42(46)48-40(37-43)38-47-41(45)35-32-29-26-23-20-17-15-12-13-16-19-22-25-28-31-34-39(2)44/h13,15-17,22-23,25-26,39-40,43-44H,3-12,14,18-21,24,27-38H2,1-2H3/b16-13-,17-15-,25-22-,26-23-/t39-,40+/m1/s1. The number of hydrogen-bond acceptors (Lipinski definition) is 6. The maximum Gasteiger partial charge on any atom is 0.306 e. The van der Waals surface area contributed by atoms with E-state index >= 15 is 0 Å². The van der Waals surface area contributed by atoms with Crippen LogP contribution < -0.4 is 0 Å². The second-order valence-electron chi connectivity index (χ2n) is 13.3. The minimum atomic E-state index is -0.799. The van der Waals surface area contributed by atoms with Crippen molar-refractivity contribution in [2.24, 2.45) is 0 Å². The maximum absolute atomic E-state index is 12.2. The van der Waals surface area contributed by atoms with E-state index in [0.29, 0.717) is 19.3 Å². The van der Waals surface area contributed by atoms with E-state index in [0.717, 1.165) is 64.2 Å². The lowest BCUT2D eigenvalue weighted by Gasteiger charge is -2.15. The molecule has 0 aromatic carbocycles. The van der Waals surface area contributed by atoms with Crippen molar-refractivity contribution < 1.29 is 29.3 Å². The summed E-state index contributed by atoms with van der Waals surface area (Å²) in [5.74, 6) is -0.671. The summed E-state index contributed by atoms with van der Waals surface area (Å²) < 4.78 is 10.6. The van der Waals surface area contributed by atoms with Gasteiger partial charge in [0, 0.05) is 12.8 Å². The Balaban J connectivity index is 3.65. The topological polar surface area (TPSA) is 93.1 Å². The molecule has 0 amide bonds. The van der Waals surface area contributed by atoms with Crippen LogP contribution in [0.1, 0.15) is 181 Å². The highest BCUT2D eigenvalue weighted by Gasteiger charge is 2.16. The lowest BCUT2D eigenvalue weighted by atomic mass is 10.0. The van der Waals surface area contributed by atoms with Crippen molar-refractivity contribution in [3.8, 4) is 0 Å². The van der Waals surface area contributed by atoms with Gasteiger partial charge in [-0.15, -0.1) is 0 Å². The number of hydrogen-bond donors (Lipinski definition) is 2. The Labute approximate surface area is 295 Å². The van der Waals surface area contributed by atoms with Crippen molar-refractivity contribution in [2.45, 2.75) is 193 Å². The Hall–Kier alpha value is -2.18. The predicted octanol–water partition coefficient (Wildman–Crippen LogP) is 11.2. The zero-order chi connectivity index (χ0) is 35.2. The van der Waals surface area contributed by atoms with Gasteiger partial charge >= 0.3 is 11.9 Å². The Kier molecular flexibility index (Phi) is 35.9. The number of aliphatic hydroxyl groups is 2. The molecule has 0 aromatic rings. The van der Waals surface area contributed by atoms with E-state index < -0.39 is 6.10 Å². The van der Waals surface area contributed by atoms with Gasteiger partial charge in [-0.3, -0.25) is 9.59 Å². The fourth-order valence-electron chi connectivity index (χ4n) is 5.39. The third kappa shape index (κ3) is 36.7. The van der Waals surface area contributed by atoms with Crippen molar-refractivity contribution in [1.82, 2.24) is 0 Å². The van der Waals surface area contributed by atoms with Gasteiger partial charge in [0.2, 0.25) is 0 Å². The largest absolute Gasteiger partial charge is 0.462 e. The first-order valence-corrected chi connectivity index (χ1v) is 19.7. The normalized spacial score (nSPS) is 13.3. The summed E-state index contributed by atoms with van der Waals surface area (Å²) in [5.41, 5.74) is 0. The molecule has 0 aromatic heterocycles. The molecule has 0 saturated carbocycles. The molecule has 6 nitrogen and oxygen atoms in total. The molecule has 2 N–H and O–H groups in total. The molecule has 0 unspecified atom stereocenters. The van der Waals surface area contributed by atoms with Crippen LogP contribution in [0.3, 0.4) is 0 Å². The van der Waals surface area contributed by atoms with Gasteiger partial charge in [0.15, 0.2) is 6.10 Å². The van der Waals surface area contributed by atoms with Crippen LogP contribution in [0, 0.1) is 0 Å². The molecule has 0 radical (unpaired) electrons. The van der Waals surface area contributed by atoms with Gasteiger partial charge in [-0.25, -0.2) is 0 Å². The molecule has 0 aliphatic rings. The van der Waals surface area contributed by atoms with Crippen molar-refractivity contribution in [1.29, 1.82) is 0 Å². The lowest BCUT2D eigenvalue weighted by molar-refractivity contribution is -0.161. The van der Waals surface area contributed by atoms with E-state index in [-0.39, 0.29) is 31.3 Å². The summed E-state index contributed by atoms with van der Waals surface area (Å²) in [7, 11) is 0. The second-order valence-corrected chi connectivity index (χ2v) is 13.3. The van der Waals surface area contributed by atoms with Crippen molar-refractivity contribution in [3.63, 3.8) is 0 Å². The average Bonchev–Trinajstić information content (AvgIpc) is 3.07. The molecular weight excluding hydrogens is 600 g/mol. The maximum atomic E-state index is 12.2. The molecule has 0 aliphatic carbocycles. The van der Waals surface area contributed by atoms with Crippen LogP contribution in [0.2, 0.25) is 0 Å². The summed E-state index contributed by atoms with van der Waals surface area (Å²) in [6, 6.07) is 0.